The maximum atomic E-state index is 12.7. The van der Waals surface area contributed by atoms with E-state index in [1.807, 2.05) is 30.3 Å². The smallest absolute Gasteiger partial charge is 0.342 e. The molecule has 5 heteroatoms. The molecule has 0 N–H and O–H groups in total. The number of benzene rings is 3. The summed E-state index contributed by atoms with van der Waals surface area (Å²) in [4.78, 5) is 28.7. The van der Waals surface area contributed by atoms with Gasteiger partial charge in [0.25, 0.3) is 0 Å². The highest BCUT2D eigenvalue weighted by Gasteiger charge is 2.13. The molecule has 0 aliphatic carbocycles. The lowest BCUT2D eigenvalue weighted by atomic mass is 10.0. The Kier molecular flexibility index (Phi) is 13.0. The highest BCUT2D eigenvalue weighted by molar-refractivity contribution is 5.92. The number of ether oxygens (including phenoxy) is 2. The van der Waals surface area contributed by atoms with Crippen molar-refractivity contribution in [2.24, 2.45) is 0 Å². The Morgan fingerprint density at radius 1 is 0.675 bits per heavy atom. The third-order valence-electron chi connectivity index (χ3n) is 6.99. The summed E-state index contributed by atoms with van der Waals surface area (Å²) >= 11 is 0. The number of esters is 2. The topological polar surface area (TPSA) is 57.0 Å². The van der Waals surface area contributed by atoms with Crippen molar-refractivity contribution in [2.45, 2.75) is 84.5 Å². The fourth-order valence-electron chi connectivity index (χ4n) is 4.56. The van der Waals surface area contributed by atoms with Gasteiger partial charge in [0, 0.05) is 5.56 Å². The van der Waals surface area contributed by atoms with Crippen LogP contribution in [-0.4, -0.2) is 18.5 Å². The van der Waals surface area contributed by atoms with Gasteiger partial charge in [-0.25, -0.2) is 14.4 Å². The Morgan fingerprint density at radius 3 is 1.90 bits per heavy atom. The Morgan fingerprint density at radius 2 is 1.25 bits per heavy atom. The molecule has 3 rings (SSSR count). The second-order valence-corrected chi connectivity index (χ2v) is 10.2. The maximum Gasteiger partial charge on any atom is 0.342 e. The Labute approximate surface area is 239 Å². The molecule has 5 nitrogen and oxygen atoms in total. The van der Waals surface area contributed by atoms with Crippen LogP contribution in [0.15, 0.2) is 66.7 Å². The SMILES string of the molecule is [C-]#[N+]c1cc(C(=O)Oc2ccc(-c3ccc(C(=O)OCCCCCCCC)cc3)cc2)ccc1CCCCCC. The number of unbranched alkanes of at least 4 members (excludes halogenated alkanes) is 8. The molecule has 0 aliphatic rings. The lowest BCUT2D eigenvalue weighted by Gasteiger charge is -2.09. The van der Waals surface area contributed by atoms with Crippen molar-refractivity contribution in [3.05, 3.63) is 94.8 Å². The fourth-order valence-corrected chi connectivity index (χ4v) is 4.56. The predicted octanol–water partition coefficient (Wildman–Crippen LogP) is 9.76. The van der Waals surface area contributed by atoms with E-state index in [0.717, 1.165) is 48.8 Å². The van der Waals surface area contributed by atoms with Crippen molar-refractivity contribution in [3.63, 3.8) is 0 Å². The van der Waals surface area contributed by atoms with Gasteiger partial charge in [0.1, 0.15) is 5.75 Å². The van der Waals surface area contributed by atoms with E-state index in [9.17, 15) is 9.59 Å². The maximum absolute atomic E-state index is 12.7. The monoisotopic (exact) mass is 539 g/mol. The van der Waals surface area contributed by atoms with Crippen LogP contribution in [0.3, 0.4) is 0 Å². The van der Waals surface area contributed by atoms with E-state index in [0.29, 0.717) is 29.2 Å². The highest BCUT2D eigenvalue weighted by atomic mass is 16.5. The summed E-state index contributed by atoms with van der Waals surface area (Å²) in [6.07, 6.45) is 12.3. The average Bonchev–Trinajstić information content (AvgIpc) is 2.99. The minimum absolute atomic E-state index is 0.298. The zero-order chi connectivity index (χ0) is 28.6. The molecule has 0 bridgehead atoms. The van der Waals surface area contributed by atoms with E-state index >= 15 is 0 Å². The van der Waals surface area contributed by atoms with Crippen LogP contribution in [0, 0.1) is 6.57 Å². The summed E-state index contributed by atoms with van der Waals surface area (Å²) in [7, 11) is 0. The largest absolute Gasteiger partial charge is 0.462 e. The van der Waals surface area contributed by atoms with Gasteiger partial charge in [0.15, 0.2) is 5.69 Å². The van der Waals surface area contributed by atoms with Gasteiger partial charge in [-0.15, -0.1) is 0 Å². The standard InChI is InChI=1S/C35H41NO4/c1-4-6-8-10-11-13-25-39-34(37)30-18-15-27(16-19-30)28-21-23-32(24-22-28)40-35(38)31-20-17-29(33(26-31)36-3)14-12-9-7-5-2/h15-24,26H,4-14,25H2,1-2H3. The summed E-state index contributed by atoms with van der Waals surface area (Å²) in [5.41, 5.74) is 4.27. The van der Waals surface area contributed by atoms with Gasteiger partial charge < -0.3 is 9.47 Å². The van der Waals surface area contributed by atoms with Gasteiger partial charge in [-0.2, -0.15) is 0 Å². The average molecular weight is 540 g/mol. The molecule has 40 heavy (non-hydrogen) atoms. The number of carbonyl (C=O) groups is 2. The van der Waals surface area contributed by atoms with Gasteiger partial charge in [-0.3, -0.25) is 0 Å². The number of nitrogens with zero attached hydrogens (tertiary/aromatic N) is 1. The molecular weight excluding hydrogens is 498 g/mol. The molecule has 0 heterocycles. The lowest BCUT2D eigenvalue weighted by Crippen LogP contribution is -2.08. The van der Waals surface area contributed by atoms with Crippen molar-refractivity contribution < 1.29 is 19.1 Å². The van der Waals surface area contributed by atoms with Crippen molar-refractivity contribution in [3.8, 4) is 16.9 Å². The van der Waals surface area contributed by atoms with Crippen molar-refractivity contribution >= 4 is 17.6 Å². The first-order valence-corrected chi connectivity index (χ1v) is 14.7. The third kappa shape index (κ3) is 9.68. The van der Waals surface area contributed by atoms with E-state index in [-0.39, 0.29) is 5.97 Å². The van der Waals surface area contributed by atoms with E-state index in [4.69, 9.17) is 16.0 Å². The van der Waals surface area contributed by atoms with Gasteiger partial charge in [0.2, 0.25) is 0 Å². The molecule has 0 saturated carbocycles. The number of carbonyl (C=O) groups excluding carboxylic acids is 2. The number of hydrogen-bond donors (Lipinski definition) is 0. The third-order valence-corrected chi connectivity index (χ3v) is 6.99. The van der Waals surface area contributed by atoms with E-state index in [2.05, 4.69) is 18.7 Å². The predicted molar refractivity (Wildman–Crippen MR) is 161 cm³/mol. The van der Waals surface area contributed by atoms with E-state index in [1.165, 1.54) is 38.5 Å². The number of hydrogen-bond acceptors (Lipinski definition) is 4. The molecule has 0 amide bonds. The Bertz CT molecular complexity index is 1260. The number of aryl methyl sites for hydroxylation is 1. The first-order valence-electron chi connectivity index (χ1n) is 14.7. The summed E-state index contributed by atoms with van der Waals surface area (Å²) in [5.74, 6) is -0.357. The zero-order valence-corrected chi connectivity index (χ0v) is 23.9. The Balaban J connectivity index is 1.51. The molecule has 0 spiro atoms. The molecule has 0 aromatic heterocycles. The summed E-state index contributed by atoms with van der Waals surface area (Å²) in [6, 6.07) is 19.8. The van der Waals surface area contributed by atoms with Crippen LogP contribution < -0.4 is 4.74 Å². The summed E-state index contributed by atoms with van der Waals surface area (Å²) in [6.45, 7) is 12.3. The summed E-state index contributed by atoms with van der Waals surface area (Å²) < 4.78 is 11.0. The van der Waals surface area contributed by atoms with Crippen LogP contribution in [0.2, 0.25) is 0 Å². The number of rotatable bonds is 16. The molecule has 0 fully saturated rings. The molecule has 0 saturated heterocycles. The second-order valence-electron chi connectivity index (χ2n) is 10.2. The molecule has 3 aromatic rings. The normalized spacial score (nSPS) is 10.6. The van der Waals surface area contributed by atoms with Crippen LogP contribution in [0.4, 0.5) is 5.69 Å². The van der Waals surface area contributed by atoms with Crippen molar-refractivity contribution in [1.82, 2.24) is 0 Å². The molecule has 0 aliphatic heterocycles. The minimum atomic E-state index is -0.487. The van der Waals surface area contributed by atoms with Crippen LogP contribution in [0.25, 0.3) is 16.0 Å². The Hall–Kier alpha value is -3.91. The molecule has 0 atom stereocenters. The van der Waals surface area contributed by atoms with Gasteiger partial charge in [0.05, 0.1) is 18.7 Å². The van der Waals surface area contributed by atoms with Gasteiger partial charge in [-0.05, 0) is 65.9 Å². The van der Waals surface area contributed by atoms with Crippen molar-refractivity contribution in [1.29, 1.82) is 0 Å². The molecule has 3 aromatic carbocycles. The lowest BCUT2D eigenvalue weighted by molar-refractivity contribution is 0.0497. The van der Waals surface area contributed by atoms with E-state index in [1.54, 1.807) is 36.4 Å². The zero-order valence-electron chi connectivity index (χ0n) is 23.9. The minimum Gasteiger partial charge on any atom is -0.462 e. The molecular formula is C35H41NO4. The van der Waals surface area contributed by atoms with Crippen LogP contribution in [-0.2, 0) is 11.2 Å². The van der Waals surface area contributed by atoms with Crippen LogP contribution in [0.5, 0.6) is 5.75 Å². The van der Waals surface area contributed by atoms with Crippen molar-refractivity contribution in [2.75, 3.05) is 6.61 Å². The first kappa shape index (κ1) is 30.6. The van der Waals surface area contributed by atoms with Gasteiger partial charge in [-0.1, -0.05) is 102 Å². The van der Waals surface area contributed by atoms with Crippen LogP contribution in [0.1, 0.15) is 104 Å². The van der Waals surface area contributed by atoms with Gasteiger partial charge >= 0.3 is 11.9 Å². The summed E-state index contributed by atoms with van der Waals surface area (Å²) in [5, 5.41) is 0. The molecule has 0 radical (unpaired) electrons. The van der Waals surface area contributed by atoms with Crippen LogP contribution >= 0.6 is 0 Å². The molecule has 210 valence electrons. The second kappa shape index (κ2) is 16.9. The fraction of sp³-hybridized carbons (Fsp3) is 0.400. The quantitative estimate of drug-likeness (QED) is 0.0787. The highest BCUT2D eigenvalue weighted by Crippen LogP contribution is 2.26. The van der Waals surface area contributed by atoms with E-state index < -0.39 is 5.97 Å². The molecule has 0 unspecified atom stereocenters. The first-order chi connectivity index (χ1) is 19.5.